The van der Waals surface area contributed by atoms with Crippen molar-refractivity contribution in [2.24, 2.45) is 5.84 Å². The first-order valence-corrected chi connectivity index (χ1v) is 5.78. The lowest BCUT2D eigenvalue weighted by molar-refractivity contribution is -0.120. The summed E-state index contributed by atoms with van der Waals surface area (Å²) in [4.78, 5) is 23.2. The van der Waals surface area contributed by atoms with Gasteiger partial charge in [0.25, 0.3) is 5.91 Å². The molecule has 7 heteroatoms. The Kier molecular flexibility index (Phi) is 5.25. The zero-order valence-corrected chi connectivity index (χ0v) is 10.8. The molecule has 0 aromatic heterocycles. The molecule has 5 N–H and O–H groups in total. The molecule has 1 rings (SSSR count). The fourth-order valence-electron chi connectivity index (χ4n) is 1.49. The maximum Gasteiger partial charge on any atom is 0.253 e. The van der Waals surface area contributed by atoms with E-state index in [1.807, 2.05) is 13.8 Å². The van der Waals surface area contributed by atoms with E-state index in [9.17, 15) is 14.0 Å². The number of hydrazine groups is 1. The number of hydrogen-bond donors (Lipinski definition) is 4. The number of carbonyl (C=O) groups is 2. The number of carbonyl (C=O) groups excluding carboxylic acids is 2. The Hall–Kier alpha value is -2.15. The van der Waals surface area contributed by atoms with Gasteiger partial charge in [-0.2, -0.15) is 0 Å². The van der Waals surface area contributed by atoms with Gasteiger partial charge >= 0.3 is 0 Å². The van der Waals surface area contributed by atoms with Gasteiger partial charge in [0.15, 0.2) is 0 Å². The molecule has 0 bridgehead atoms. The van der Waals surface area contributed by atoms with Crippen LogP contribution in [0.25, 0.3) is 0 Å². The maximum absolute atomic E-state index is 13.4. The summed E-state index contributed by atoms with van der Waals surface area (Å²) in [7, 11) is 0. The van der Waals surface area contributed by atoms with E-state index in [1.54, 1.807) is 0 Å². The molecular weight excluding hydrogens is 251 g/mol. The van der Waals surface area contributed by atoms with E-state index >= 15 is 0 Å². The van der Waals surface area contributed by atoms with Gasteiger partial charge in [0.05, 0.1) is 17.8 Å². The summed E-state index contributed by atoms with van der Waals surface area (Å²) in [5, 5.41) is 5.01. The fourth-order valence-corrected chi connectivity index (χ4v) is 1.49. The molecule has 1 aromatic carbocycles. The van der Waals surface area contributed by atoms with Gasteiger partial charge in [-0.3, -0.25) is 15.4 Å². The van der Waals surface area contributed by atoms with Gasteiger partial charge in [-0.25, -0.2) is 4.39 Å². The lowest BCUT2D eigenvalue weighted by Crippen LogP contribution is -2.40. The van der Waals surface area contributed by atoms with E-state index < -0.39 is 11.7 Å². The Morgan fingerprint density at radius 2 is 2.05 bits per heavy atom. The largest absolute Gasteiger partial charge is 0.352 e. The molecule has 0 atom stereocenters. The van der Waals surface area contributed by atoms with Crippen molar-refractivity contribution in [1.29, 1.82) is 0 Å². The van der Waals surface area contributed by atoms with E-state index in [0.717, 1.165) is 0 Å². The highest BCUT2D eigenvalue weighted by Gasteiger charge is 2.15. The minimum absolute atomic E-state index is 0.0140. The molecule has 0 aliphatic rings. The van der Waals surface area contributed by atoms with Crippen molar-refractivity contribution in [3.63, 3.8) is 0 Å². The van der Waals surface area contributed by atoms with Crippen molar-refractivity contribution < 1.29 is 14.0 Å². The van der Waals surface area contributed by atoms with Crippen molar-refractivity contribution in [2.45, 2.75) is 19.9 Å². The SMILES string of the molecule is CC(C)NC(=O)CNC(=O)c1cccc(F)c1NN. The Bertz CT molecular complexity index is 477. The predicted molar refractivity (Wildman–Crippen MR) is 69.8 cm³/mol. The van der Waals surface area contributed by atoms with Crippen LogP contribution >= 0.6 is 0 Å². The number of benzene rings is 1. The zero-order valence-electron chi connectivity index (χ0n) is 10.8. The third-order valence-corrected chi connectivity index (χ3v) is 2.26. The molecule has 2 amide bonds. The van der Waals surface area contributed by atoms with Crippen molar-refractivity contribution in [3.05, 3.63) is 29.6 Å². The van der Waals surface area contributed by atoms with E-state index in [0.29, 0.717) is 0 Å². The fraction of sp³-hybridized carbons (Fsp3) is 0.333. The molecule has 1 aromatic rings. The standard InChI is InChI=1S/C12H17FN4O2/c1-7(2)16-10(18)6-15-12(19)8-4-3-5-9(13)11(8)17-14/h3-5,7,17H,6,14H2,1-2H3,(H,15,19)(H,16,18). The Labute approximate surface area is 110 Å². The maximum atomic E-state index is 13.4. The summed E-state index contributed by atoms with van der Waals surface area (Å²) in [5.74, 6) is 3.63. The molecule has 19 heavy (non-hydrogen) atoms. The quantitative estimate of drug-likeness (QED) is 0.458. The highest BCUT2D eigenvalue weighted by atomic mass is 19.1. The van der Waals surface area contributed by atoms with E-state index in [2.05, 4.69) is 16.1 Å². The summed E-state index contributed by atoms with van der Waals surface area (Å²) in [5.41, 5.74) is 2.06. The lowest BCUT2D eigenvalue weighted by atomic mass is 10.1. The van der Waals surface area contributed by atoms with Crippen molar-refractivity contribution in [2.75, 3.05) is 12.0 Å². The van der Waals surface area contributed by atoms with Crippen LogP contribution in [0.3, 0.4) is 0 Å². The van der Waals surface area contributed by atoms with Gasteiger partial charge in [0.1, 0.15) is 5.82 Å². The second-order valence-electron chi connectivity index (χ2n) is 4.21. The molecule has 0 spiro atoms. The third kappa shape index (κ3) is 4.22. The molecule has 6 nitrogen and oxygen atoms in total. The molecular formula is C12H17FN4O2. The summed E-state index contributed by atoms with van der Waals surface area (Å²) < 4.78 is 13.4. The smallest absolute Gasteiger partial charge is 0.253 e. The van der Waals surface area contributed by atoms with Gasteiger partial charge in [-0.15, -0.1) is 0 Å². The van der Waals surface area contributed by atoms with E-state index in [-0.39, 0.29) is 29.7 Å². The van der Waals surface area contributed by atoms with E-state index in [1.165, 1.54) is 18.2 Å². The average molecular weight is 268 g/mol. The van der Waals surface area contributed by atoms with Crippen LogP contribution in [0.15, 0.2) is 18.2 Å². The number of nitrogen functional groups attached to an aromatic ring is 1. The Morgan fingerprint density at radius 3 is 2.63 bits per heavy atom. The minimum atomic E-state index is -0.637. The molecule has 104 valence electrons. The number of nitrogens with one attached hydrogen (secondary N) is 3. The first-order chi connectivity index (χ1) is 8.95. The second kappa shape index (κ2) is 6.69. The average Bonchev–Trinajstić information content (AvgIpc) is 2.34. The Balaban J connectivity index is 2.69. The molecule has 0 unspecified atom stereocenters. The summed E-state index contributed by atoms with van der Waals surface area (Å²) in [6, 6.07) is 3.96. The van der Waals surface area contributed by atoms with Crippen LogP contribution in [-0.2, 0) is 4.79 Å². The molecule has 0 fully saturated rings. The first-order valence-electron chi connectivity index (χ1n) is 5.78. The van der Waals surface area contributed by atoms with Crippen LogP contribution in [0.1, 0.15) is 24.2 Å². The number of anilines is 1. The molecule has 0 saturated carbocycles. The lowest BCUT2D eigenvalue weighted by Gasteiger charge is -2.11. The predicted octanol–water partition coefficient (Wildman–Crippen LogP) is 0.366. The number of amides is 2. The molecule has 0 aliphatic carbocycles. The number of para-hydroxylation sites is 1. The van der Waals surface area contributed by atoms with Crippen LogP contribution in [0.5, 0.6) is 0 Å². The summed E-state index contributed by atoms with van der Waals surface area (Å²) >= 11 is 0. The van der Waals surface area contributed by atoms with Crippen LogP contribution in [0.2, 0.25) is 0 Å². The van der Waals surface area contributed by atoms with Gasteiger partial charge in [-0.05, 0) is 26.0 Å². The highest BCUT2D eigenvalue weighted by Crippen LogP contribution is 2.18. The van der Waals surface area contributed by atoms with Gasteiger partial charge in [0, 0.05) is 6.04 Å². The number of nitrogens with two attached hydrogens (primary N) is 1. The van der Waals surface area contributed by atoms with E-state index in [4.69, 9.17) is 5.84 Å². The molecule has 0 radical (unpaired) electrons. The second-order valence-corrected chi connectivity index (χ2v) is 4.21. The topological polar surface area (TPSA) is 96.2 Å². The van der Waals surface area contributed by atoms with Gasteiger partial charge in [-0.1, -0.05) is 6.07 Å². The Morgan fingerprint density at radius 1 is 1.37 bits per heavy atom. The van der Waals surface area contributed by atoms with Crippen LogP contribution < -0.4 is 21.9 Å². The highest BCUT2D eigenvalue weighted by molar-refractivity contribution is 6.01. The summed E-state index contributed by atoms with van der Waals surface area (Å²) in [6.45, 7) is 3.43. The van der Waals surface area contributed by atoms with Crippen molar-refractivity contribution in [1.82, 2.24) is 10.6 Å². The zero-order chi connectivity index (χ0) is 14.4. The van der Waals surface area contributed by atoms with Gasteiger partial charge < -0.3 is 16.1 Å². The third-order valence-electron chi connectivity index (χ3n) is 2.26. The number of rotatable bonds is 5. The molecule has 0 saturated heterocycles. The van der Waals surface area contributed by atoms with Crippen LogP contribution in [0, 0.1) is 5.82 Å². The molecule has 0 aliphatic heterocycles. The minimum Gasteiger partial charge on any atom is -0.352 e. The summed E-state index contributed by atoms with van der Waals surface area (Å²) in [6.07, 6.45) is 0. The van der Waals surface area contributed by atoms with Crippen LogP contribution in [0.4, 0.5) is 10.1 Å². The molecule has 0 heterocycles. The van der Waals surface area contributed by atoms with Crippen molar-refractivity contribution >= 4 is 17.5 Å². The van der Waals surface area contributed by atoms with Crippen molar-refractivity contribution in [3.8, 4) is 0 Å². The van der Waals surface area contributed by atoms with Gasteiger partial charge in [0.2, 0.25) is 5.91 Å². The monoisotopic (exact) mass is 268 g/mol. The normalized spacial score (nSPS) is 10.2. The van der Waals surface area contributed by atoms with Crippen LogP contribution in [-0.4, -0.2) is 24.4 Å². The number of hydrogen-bond acceptors (Lipinski definition) is 4. The first kappa shape index (κ1) is 14.9. The number of halogens is 1.